The maximum Gasteiger partial charge on any atom is 0.0990 e. The second kappa shape index (κ2) is 3.34. The molecule has 3 rings (SSSR count). The molecule has 1 N–H and O–H groups in total. The summed E-state index contributed by atoms with van der Waals surface area (Å²) in [5.41, 5.74) is 0.981. The van der Waals surface area contributed by atoms with Crippen LogP contribution in [0.5, 0.6) is 0 Å². The molecule has 0 saturated heterocycles. The van der Waals surface area contributed by atoms with Crippen LogP contribution in [0.4, 0.5) is 0 Å². The van der Waals surface area contributed by atoms with Gasteiger partial charge in [0.05, 0.1) is 11.8 Å². The van der Waals surface area contributed by atoms with Gasteiger partial charge in [-0.25, -0.2) is 0 Å². The maximum atomic E-state index is 10.3. The van der Waals surface area contributed by atoms with Gasteiger partial charge in [-0.1, -0.05) is 12.8 Å². The van der Waals surface area contributed by atoms with Crippen molar-refractivity contribution < 1.29 is 5.11 Å². The fourth-order valence-electron chi connectivity index (χ4n) is 3.39. The van der Waals surface area contributed by atoms with Gasteiger partial charge < -0.3 is 5.11 Å². The Morgan fingerprint density at radius 2 is 2.07 bits per heavy atom. The van der Waals surface area contributed by atoms with Crippen LogP contribution in [0, 0.1) is 17.8 Å². The Labute approximate surface area is 90.1 Å². The molecule has 0 bridgehead atoms. The lowest BCUT2D eigenvalue weighted by molar-refractivity contribution is 0.133. The van der Waals surface area contributed by atoms with Crippen LogP contribution >= 0.6 is 0 Å². The second-order valence-corrected chi connectivity index (χ2v) is 5.01. The van der Waals surface area contributed by atoms with Crippen molar-refractivity contribution in [3.05, 3.63) is 18.0 Å². The first kappa shape index (κ1) is 9.40. The zero-order valence-corrected chi connectivity index (χ0v) is 9.13. The van der Waals surface area contributed by atoms with Crippen molar-refractivity contribution in [1.82, 2.24) is 9.78 Å². The van der Waals surface area contributed by atoms with Gasteiger partial charge >= 0.3 is 0 Å². The smallest absolute Gasteiger partial charge is 0.0990 e. The molecule has 2 saturated carbocycles. The normalized spacial score (nSPS) is 36.0. The minimum absolute atomic E-state index is 0.286. The Kier molecular flexibility index (Phi) is 2.09. The largest absolute Gasteiger partial charge is 0.387 e. The fraction of sp³-hybridized carbons (Fsp3) is 0.750. The summed E-state index contributed by atoms with van der Waals surface area (Å²) in [6.45, 7) is 0. The molecule has 0 aliphatic heterocycles. The van der Waals surface area contributed by atoms with Crippen molar-refractivity contribution in [2.24, 2.45) is 24.8 Å². The van der Waals surface area contributed by atoms with Crippen LogP contribution in [-0.4, -0.2) is 14.9 Å². The summed E-state index contributed by atoms with van der Waals surface area (Å²) in [6.07, 6.45) is 6.84. The van der Waals surface area contributed by atoms with Gasteiger partial charge in [-0.05, 0) is 36.7 Å². The number of nitrogens with zero attached hydrogens (tertiary/aromatic N) is 2. The Morgan fingerprint density at radius 3 is 2.60 bits per heavy atom. The van der Waals surface area contributed by atoms with E-state index in [0.29, 0.717) is 5.92 Å². The van der Waals surface area contributed by atoms with Crippen LogP contribution in [0.3, 0.4) is 0 Å². The van der Waals surface area contributed by atoms with Crippen LogP contribution in [0.2, 0.25) is 0 Å². The number of aromatic nitrogens is 2. The van der Waals surface area contributed by atoms with Crippen LogP contribution in [-0.2, 0) is 7.05 Å². The standard InChI is InChI=1S/C12H18N2O/c1-14-10(6-7-13-14)12(15)11-8-4-2-3-5-9(8)11/h6-9,11-12,15H,2-5H2,1H3. The average Bonchev–Trinajstić information content (AvgIpc) is 2.83. The molecule has 3 unspecified atom stereocenters. The van der Waals surface area contributed by atoms with E-state index >= 15 is 0 Å². The molecule has 0 radical (unpaired) electrons. The fourth-order valence-corrected chi connectivity index (χ4v) is 3.39. The number of hydrogen-bond acceptors (Lipinski definition) is 2. The van der Waals surface area contributed by atoms with Gasteiger partial charge in [0.15, 0.2) is 0 Å². The molecule has 2 fully saturated rings. The third kappa shape index (κ3) is 1.41. The first-order chi connectivity index (χ1) is 7.29. The summed E-state index contributed by atoms with van der Waals surface area (Å²) >= 11 is 0. The molecule has 0 aromatic carbocycles. The molecule has 3 atom stereocenters. The van der Waals surface area contributed by atoms with E-state index in [-0.39, 0.29) is 6.10 Å². The third-order valence-corrected chi connectivity index (χ3v) is 4.25. The Morgan fingerprint density at radius 1 is 1.40 bits per heavy atom. The zero-order chi connectivity index (χ0) is 10.4. The highest BCUT2D eigenvalue weighted by atomic mass is 16.3. The minimum atomic E-state index is -0.286. The molecular formula is C12H18N2O. The lowest BCUT2D eigenvalue weighted by Gasteiger charge is -2.10. The van der Waals surface area contributed by atoms with Gasteiger partial charge in [0, 0.05) is 13.2 Å². The molecule has 2 aliphatic rings. The second-order valence-electron chi connectivity index (χ2n) is 5.01. The SMILES string of the molecule is Cn1nccc1C(O)C1C2CCCCC21. The summed E-state index contributed by atoms with van der Waals surface area (Å²) in [5, 5.41) is 14.4. The molecule has 1 aromatic rings. The van der Waals surface area contributed by atoms with Gasteiger partial charge in [-0.2, -0.15) is 5.10 Å². The van der Waals surface area contributed by atoms with Crippen LogP contribution in [0.15, 0.2) is 12.3 Å². The summed E-state index contributed by atoms with van der Waals surface area (Å²) in [5.74, 6) is 2.11. The molecule has 1 aromatic heterocycles. The van der Waals surface area contributed by atoms with Gasteiger partial charge in [0.25, 0.3) is 0 Å². The lowest BCUT2D eigenvalue weighted by atomic mass is 10.0. The Bertz CT molecular complexity index is 348. The van der Waals surface area contributed by atoms with Crippen molar-refractivity contribution >= 4 is 0 Å². The van der Waals surface area contributed by atoms with Gasteiger partial charge in [0.2, 0.25) is 0 Å². The molecule has 2 aliphatic carbocycles. The quantitative estimate of drug-likeness (QED) is 0.802. The molecule has 82 valence electrons. The van der Waals surface area contributed by atoms with E-state index in [4.69, 9.17) is 0 Å². The van der Waals surface area contributed by atoms with Gasteiger partial charge in [-0.15, -0.1) is 0 Å². The Hall–Kier alpha value is -0.830. The van der Waals surface area contributed by atoms with E-state index in [0.717, 1.165) is 17.5 Å². The summed E-state index contributed by atoms with van der Waals surface area (Å²) in [4.78, 5) is 0. The van der Waals surface area contributed by atoms with E-state index in [1.54, 1.807) is 10.9 Å². The number of fused-ring (bicyclic) bond motifs is 1. The molecule has 0 amide bonds. The first-order valence-electron chi connectivity index (χ1n) is 5.95. The number of aliphatic hydroxyl groups is 1. The van der Waals surface area contributed by atoms with Gasteiger partial charge in [-0.3, -0.25) is 4.68 Å². The number of aliphatic hydroxyl groups excluding tert-OH is 1. The van der Waals surface area contributed by atoms with Crippen molar-refractivity contribution in [1.29, 1.82) is 0 Å². The van der Waals surface area contributed by atoms with Gasteiger partial charge in [0.1, 0.15) is 0 Å². The highest BCUT2D eigenvalue weighted by molar-refractivity contribution is 5.13. The highest BCUT2D eigenvalue weighted by Gasteiger charge is 2.54. The molecule has 3 heteroatoms. The van der Waals surface area contributed by atoms with E-state index in [1.807, 2.05) is 13.1 Å². The minimum Gasteiger partial charge on any atom is -0.387 e. The number of rotatable bonds is 2. The van der Waals surface area contributed by atoms with Crippen molar-refractivity contribution in [2.45, 2.75) is 31.8 Å². The molecular weight excluding hydrogens is 188 g/mol. The summed E-state index contributed by atoms with van der Waals surface area (Å²) in [7, 11) is 1.91. The van der Waals surface area contributed by atoms with Crippen molar-refractivity contribution in [3.8, 4) is 0 Å². The summed E-state index contributed by atoms with van der Waals surface area (Å²) < 4.78 is 1.80. The van der Waals surface area contributed by atoms with Crippen LogP contribution in [0.1, 0.15) is 37.5 Å². The predicted molar refractivity (Wildman–Crippen MR) is 57.1 cm³/mol. The monoisotopic (exact) mass is 206 g/mol. The van der Waals surface area contributed by atoms with E-state index < -0.39 is 0 Å². The first-order valence-corrected chi connectivity index (χ1v) is 5.95. The van der Waals surface area contributed by atoms with Crippen LogP contribution in [0.25, 0.3) is 0 Å². The van der Waals surface area contributed by atoms with Crippen molar-refractivity contribution in [3.63, 3.8) is 0 Å². The summed E-state index contributed by atoms with van der Waals surface area (Å²) in [6, 6.07) is 1.94. The average molecular weight is 206 g/mol. The highest BCUT2D eigenvalue weighted by Crippen LogP contribution is 2.60. The lowest BCUT2D eigenvalue weighted by Crippen LogP contribution is -2.08. The third-order valence-electron chi connectivity index (χ3n) is 4.25. The topological polar surface area (TPSA) is 38.0 Å². The maximum absolute atomic E-state index is 10.3. The molecule has 15 heavy (non-hydrogen) atoms. The van der Waals surface area contributed by atoms with E-state index in [1.165, 1.54) is 25.7 Å². The van der Waals surface area contributed by atoms with E-state index in [2.05, 4.69) is 5.10 Å². The molecule has 3 nitrogen and oxygen atoms in total. The number of hydrogen-bond donors (Lipinski definition) is 1. The number of aryl methyl sites for hydroxylation is 1. The van der Waals surface area contributed by atoms with E-state index in [9.17, 15) is 5.11 Å². The predicted octanol–water partition coefficient (Wildman–Crippen LogP) is 1.89. The molecule has 0 spiro atoms. The Balaban J connectivity index is 1.76. The zero-order valence-electron chi connectivity index (χ0n) is 9.13. The van der Waals surface area contributed by atoms with Crippen molar-refractivity contribution in [2.75, 3.05) is 0 Å². The van der Waals surface area contributed by atoms with Crippen LogP contribution < -0.4 is 0 Å². The molecule has 1 heterocycles.